The number of anilines is 2. The Kier molecular flexibility index (Phi) is 4.76. The van der Waals surface area contributed by atoms with Crippen LogP contribution in [0.15, 0.2) is 43.0 Å². The Morgan fingerprint density at radius 2 is 2.14 bits per heavy atom. The number of fused-ring (bicyclic) bond motifs is 1. The summed E-state index contributed by atoms with van der Waals surface area (Å²) in [5, 5.41) is 23.1. The molecule has 0 radical (unpaired) electrons. The Labute approximate surface area is 156 Å². The second kappa shape index (κ2) is 7.52. The molecule has 4 aromatic rings. The van der Waals surface area contributed by atoms with E-state index in [1.54, 1.807) is 23.1 Å². The van der Waals surface area contributed by atoms with Crippen LogP contribution in [0.2, 0.25) is 0 Å². The molecule has 0 saturated carbocycles. The fourth-order valence-electron chi connectivity index (χ4n) is 2.66. The Bertz CT molecular complexity index is 1070. The number of ether oxygens (including phenoxy) is 1. The van der Waals surface area contributed by atoms with Crippen LogP contribution < -0.4 is 10.1 Å². The second-order valence-electron chi connectivity index (χ2n) is 5.66. The summed E-state index contributed by atoms with van der Waals surface area (Å²) < 4.78 is 30.3. The highest BCUT2D eigenvalue weighted by Gasteiger charge is 2.18. The number of nitrogens with zero attached hydrogens (tertiary/aromatic N) is 6. The lowest BCUT2D eigenvalue weighted by molar-refractivity contribution is -0.0528. The number of aromatic amines is 1. The van der Waals surface area contributed by atoms with Crippen molar-refractivity contribution in [3.05, 3.63) is 48.5 Å². The van der Waals surface area contributed by atoms with Crippen LogP contribution in [-0.4, -0.2) is 53.3 Å². The van der Waals surface area contributed by atoms with E-state index in [9.17, 15) is 13.9 Å². The van der Waals surface area contributed by atoms with Crippen molar-refractivity contribution in [3.8, 4) is 5.88 Å². The van der Waals surface area contributed by atoms with Crippen molar-refractivity contribution >= 4 is 22.8 Å². The number of H-pyrrole nitrogens is 1. The first-order chi connectivity index (χ1) is 13.6. The Hall–Kier alpha value is -3.67. The number of aliphatic hydroxyl groups excluding tert-OH is 1. The summed E-state index contributed by atoms with van der Waals surface area (Å²) in [5.74, 6) is 0.349. The molecule has 0 fully saturated rings. The number of aliphatic hydroxyl groups is 1. The molecule has 4 rings (SSSR count). The average Bonchev–Trinajstić information content (AvgIpc) is 3.30. The van der Waals surface area contributed by atoms with Gasteiger partial charge in [-0.1, -0.05) is 6.07 Å². The second-order valence-corrected chi connectivity index (χ2v) is 5.66. The number of hydrogen-bond acceptors (Lipinski definition) is 8. The van der Waals surface area contributed by atoms with Crippen LogP contribution in [0.5, 0.6) is 5.88 Å². The van der Waals surface area contributed by atoms with Crippen LogP contribution in [-0.2, 0) is 0 Å². The molecule has 1 atom stereocenters. The lowest BCUT2D eigenvalue weighted by atomic mass is 10.1. The predicted molar refractivity (Wildman–Crippen MR) is 93.3 cm³/mol. The number of aromatic nitrogens is 7. The largest absolute Gasteiger partial charge is 0.417 e. The third-order valence-electron chi connectivity index (χ3n) is 3.87. The standard InChI is InChI=1S/C16H14F2N8O2/c17-16(18)28-14-4-12(24-25-14)22-13-7-20-10-6-21-26(15(10)23-13)11(8-27)9-2-1-3-19-5-9/h1-7,11,16,27H,8H2,(H2,22,23,24,25)/t11-/m0/s1. The monoisotopic (exact) mass is 388 g/mol. The van der Waals surface area contributed by atoms with Gasteiger partial charge in [0.2, 0.25) is 5.88 Å². The fourth-order valence-corrected chi connectivity index (χ4v) is 2.66. The van der Waals surface area contributed by atoms with Gasteiger partial charge < -0.3 is 15.2 Å². The van der Waals surface area contributed by atoms with E-state index in [1.165, 1.54) is 18.5 Å². The van der Waals surface area contributed by atoms with E-state index in [4.69, 9.17) is 0 Å². The molecular weight excluding hydrogens is 374 g/mol. The number of halogens is 2. The SMILES string of the molecule is OC[C@@H](c1cccnc1)n1ncc2ncc(Nc3cc(OC(F)F)[nH]n3)nc21. The van der Waals surface area contributed by atoms with E-state index in [0.29, 0.717) is 17.0 Å². The topological polar surface area (TPSA) is 127 Å². The molecule has 144 valence electrons. The number of hydrogen-bond donors (Lipinski definition) is 3. The van der Waals surface area contributed by atoms with Crippen molar-refractivity contribution in [1.29, 1.82) is 0 Å². The zero-order valence-corrected chi connectivity index (χ0v) is 14.2. The Balaban J connectivity index is 1.63. The molecule has 0 aliphatic heterocycles. The van der Waals surface area contributed by atoms with E-state index in [-0.39, 0.29) is 18.3 Å². The zero-order chi connectivity index (χ0) is 19.5. The minimum atomic E-state index is -2.96. The molecule has 0 bridgehead atoms. The summed E-state index contributed by atoms with van der Waals surface area (Å²) in [7, 11) is 0. The van der Waals surface area contributed by atoms with E-state index in [0.717, 1.165) is 5.56 Å². The Morgan fingerprint density at radius 3 is 2.89 bits per heavy atom. The van der Waals surface area contributed by atoms with Gasteiger partial charge in [0.05, 0.1) is 19.0 Å². The van der Waals surface area contributed by atoms with Crippen molar-refractivity contribution in [1.82, 2.24) is 34.9 Å². The van der Waals surface area contributed by atoms with Gasteiger partial charge in [0.1, 0.15) is 11.6 Å². The van der Waals surface area contributed by atoms with Crippen molar-refractivity contribution in [3.63, 3.8) is 0 Å². The van der Waals surface area contributed by atoms with Gasteiger partial charge in [0.15, 0.2) is 17.3 Å². The van der Waals surface area contributed by atoms with Crippen molar-refractivity contribution in [2.75, 3.05) is 11.9 Å². The van der Waals surface area contributed by atoms with Gasteiger partial charge in [-0.3, -0.25) is 4.98 Å². The normalized spacial score (nSPS) is 12.4. The summed E-state index contributed by atoms with van der Waals surface area (Å²) >= 11 is 0. The van der Waals surface area contributed by atoms with Crippen LogP contribution in [0, 0.1) is 0 Å². The molecule has 4 aromatic heterocycles. The van der Waals surface area contributed by atoms with Crippen LogP contribution in [0.25, 0.3) is 11.2 Å². The molecular formula is C16H14F2N8O2. The smallest absolute Gasteiger partial charge is 0.388 e. The molecule has 0 amide bonds. The van der Waals surface area contributed by atoms with Gasteiger partial charge in [0, 0.05) is 18.5 Å². The molecule has 0 aromatic carbocycles. The van der Waals surface area contributed by atoms with Gasteiger partial charge >= 0.3 is 6.61 Å². The van der Waals surface area contributed by atoms with Crippen LogP contribution >= 0.6 is 0 Å². The molecule has 4 heterocycles. The summed E-state index contributed by atoms with van der Waals surface area (Å²) in [6.07, 6.45) is 6.26. The van der Waals surface area contributed by atoms with E-state index in [1.807, 2.05) is 6.07 Å². The van der Waals surface area contributed by atoms with Crippen LogP contribution in [0.1, 0.15) is 11.6 Å². The van der Waals surface area contributed by atoms with Gasteiger partial charge in [-0.25, -0.2) is 19.7 Å². The third-order valence-corrected chi connectivity index (χ3v) is 3.87. The summed E-state index contributed by atoms with van der Waals surface area (Å²) in [6.45, 7) is -3.17. The predicted octanol–water partition coefficient (Wildman–Crippen LogP) is 1.87. The molecule has 3 N–H and O–H groups in total. The molecule has 0 saturated heterocycles. The highest BCUT2D eigenvalue weighted by Crippen LogP contribution is 2.23. The molecule has 10 nitrogen and oxygen atoms in total. The van der Waals surface area contributed by atoms with Crippen molar-refractivity contribution in [2.24, 2.45) is 0 Å². The summed E-state index contributed by atoms with van der Waals surface area (Å²) in [6, 6.07) is 4.36. The minimum Gasteiger partial charge on any atom is -0.417 e. The number of pyridine rings is 1. The summed E-state index contributed by atoms with van der Waals surface area (Å²) in [5.41, 5.74) is 1.71. The lowest BCUT2D eigenvalue weighted by Crippen LogP contribution is -2.17. The van der Waals surface area contributed by atoms with Gasteiger partial charge in [0.25, 0.3) is 0 Å². The number of nitrogens with one attached hydrogen (secondary N) is 2. The molecule has 0 unspecified atom stereocenters. The summed E-state index contributed by atoms with van der Waals surface area (Å²) in [4.78, 5) is 12.8. The first kappa shape index (κ1) is 17.7. The average molecular weight is 388 g/mol. The highest BCUT2D eigenvalue weighted by molar-refractivity contribution is 5.72. The molecule has 0 aliphatic rings. The first-order valence-electron chi connectivity index (χ1n) is 8.12. The maximum absolute atomic E-state index is 12.2. The van der Waals surface area contributed by atoms with Crippen LogP contribution in [0.4, 0.5) is 20.4 Å². The quantitative estimate of drug-likeness (QED) is 0.438. The number of alkyl halides is 2. The molecule has 0 spiro atoms. The first-order valence-corrected chi connectivity index (χ1v) is 8.12. The lowest BCUT2D eigenvalue weighted by Gasteiger charge is -2.15. The van der Waals surface area contributed by atoms with Crippen molar-refractivity contribution in [2.45, 2.75) is 12.7 Å². The Morgan fingerprint density at radius 1 is 1.25 bits per heavy atom. The maximum atomic E-state index is 12.2. The maximum Gasteiger partial charge on any atom is 0.388 e. The zero-order valence-electron chi connectivity index (χ0n) is 14.2. The van der Waals surface area contributed by atoms with E-state index < -0.39 is 12.7 Å². The molecule has 28 heavy (non-hydrogen) atoms. The van der Waals surface area contributed by atoms with Gasteiger partial charge in [-0.05, 0) is 11.6 Å². The molecule has 0 aliphatic carbocycles. The highest BCUT2D eigenvalue weighted by atomic mass is 19.3. The van der Waals surface area contributed by atoms with Gasteiger partial charge in [-0.15, -0.1) is 0 Å². The minimum absolute atomic E-state index is 0.187. The van der Waals surface area contributed by atoms with Crippen molar-refractivity contribution < 1.29 is 18.6 Å². The molecule has 12 heteroatoms. The third kappa shape index (κ3) is 3.57. The number of rotatable bonds is 7. The fraction of sp³-hybridized carbons (Fsp3) is 0.188. The van der Waals surface area contributed by atoms with Crippen LogP contribution in [0.3, 0.4) is 0 Å². The van der Waals surface area contributed by atoms with Gasteiger partial charge in [-0.2, -0.15) is 19.0 Å². The van der Waals surface area contributed by atoms with E-state index in [2.05, 4.69) is 40.3 Å². The van der Waals surface area contributed by atoms with E-state index >= 15 is 0 Å².